The van der Waals surface area contributed by atoms with Crippen LogP contribution in [0.25, 0.3) is 11.0 Å². The van der Waals surface area contributed by atoms with E-state index >= 15 is 0 Å². The number of benzene rings is 2. The van der Waals surface area contributed by atoms with Crippen LogP contribution in [0.5, 0.6) is 0 Å². The quantitative estimate of drug-likeness (QED) is 0.481. The zero-order valence-electron chi connectivity index (χ0n) is 15.5. The molecular weight excluding hydrogens is 407 g/mol. The van der Waals surface area contributed by atoms with Gasteiger partial charge in [-0.1, -0.05) is 29.8 Å². The van der Waals surface area contributed by atoms with E-state index in [2.05, 4.69) is 4.98 Å². The number of aromatic nitrogens is 1. The number of rotatable bonds is 3. The molecule has 1 aliphatic rings. The van der Waals surface area contributed by atoms with Crippen LogP contribution in [-0.2, 0) is 6.54 Å². The van der Waals surface area contributed by atoms with E-state index in [1.54, 1.807) is 42.7 Å². The van der Waals surface area contributed by atoms with Crippen molar-refractivity contribution in [2.24, 2.45) is 0 Å². The van der Waals surface area contributed by atoms with E-state index in [1.165, 1.54) is 23.1 Å². The van der Waals surface area contributed by atoms with Gasteiger partial charge >= 0.3 is 0 Å². The second kappa shape index (κ2) is 7.07. The summed E-state index contributed by atoms with van der Waals surface area (Å²) in [7, 11) is 0. The van der Waals surface area contributed by atoms with Crippen molar-refractivity contribution in [1.82, 2.24) is 9.88 Å². The molecule has 5 nitrogen and oxygen atoms in total. The van der Waals surface area contributed by atoms with Gasteiger partial charge in [-0.15, -0.1) is 0 Å². The monoisotopic (exact) mass is 420 g/mol. The highest BCUT2D eigenvalue weighted by Gasteiger charge is 2.42. The van der Waals surface area contributed by atoms with E-state index < -0.39 is 17.8 Å². The lowest BCUT2D eigenvalue weighted by Gasteiger charge is -2.25. The zero-order valence-corrected chi connectivity index (χ0v) is 16.3. The van der Waals surface area contributed by atoms with Gasteiger partial charge in [-0.25, -0.2) is 4.39 Å². The molecule has 5 rings (SSSR count). The van der Waals surface area contributed by atoms with Gasteiger partial charge in [-0.05, 0) is 47.5 Å². The van der Waals surface area contributed by atoms with Crippen molar-refractivity contribution in [3.63, 3.8) is 0 Å². The molecule has 0 fully saturated rings. The normalized spacial score (nSPS) is 15.6. The lowest BCUT2D eigenvalue weighted by atomic mass is 9.98. The predicted molar refractivity (Wildman–Crippen MR) is 110 cm³/mol. The minimum atomic E-state index is -0.789. The summed E-state index contributed by atoms with van der Waals surface area (Å²) >= 11 is 6.07. The molecule has 0 aliphatic carbocycles. The summed E-state index contributed by atoms with van der Waals surface area (Å²) in [6.07, 6.45) is 3.28. The largest absolute Gasteiger partial charge is 0.450 e. The van der Waals surface area contributed by atoms with Crippen molar-refractivity contribution < 1.29 is 13.6 Å². The molecule has 3 heterocycles. The molecule has 1 atom stereocenters. The first-order chi connectivity index (χ1) is 14.5. The lowest BCUT2D eigenvalue weighted by Crippen LogP contribution is -2.29. The number of amides is 1. The third-order valence-corrected chi connectivity index (χ3v) is 5.40. The minimum absolute atomic E-state index is 0.0343. The zero-order chi connectivity index (χ0) is 20.8. The van der Waals surface area contributed by atoms with Crippen LogP contribution in [-0.4, -0.2) is 15.8 Å². The molecule has 0 N–H and O–H groups in total. The fraction of sp³-hybridized carbons (Fsp3) is 0.0870. The van der Waals surface area contributed by atoms with Gasteiger partial charge in [-0.2, -0.15) is 0 Å². The Morgan fingerprint density at radius 1 is 1.10 bits per heavy atom. The van der Waals surface area contributed by atoms with Gasteiger partial charge in [0.1, 0.15) is 11.4 Å². The maximum atomic E-state index is 14.0. The standard InChI is InChI=1S/C23H14ClFN2O3/c24-15-6-7-18-17(10-15)21(28)19-20(14-4-1-5-16(25)9-14)27(23(29)22(19)30-18)12-13-3-2-8-26-11-13/h1-11,20H,12H2. The number of fused-ring (bicyclic) bond motifs is 2. The Labute approximate surface area is 175 Å². The van der Waals surface area contributed by atoms with Gasteiger partial charge in [0, 0.05) is 24.0 Å². The fourth-order valence-electron chi connectivity index (χ4n) is 3.87. The molecule has 0 radical (unpaired) electrons. The minimum Gasteiger partial charge on any atom is -0.450 e. The van der Waals surface area contributed by atoms with Gasteiger partial charge < -0.3 is 9.32 Å². The van der Waals surface area contributed by atoms with Crippen LogP contribution in [0.15, 0.2) is 76.2 Å². The van der Waals surface area contributed by atoms with E-state index in [4.69, 9.17) is 16.0 Å². The molecule has 1 aliphatic heterocycles. The molecular formula is C23H14ClFN2O3. The molecule has 2 aromatic carbocycles. The third-order valence-electron chi connectivity index (χ3n) is 5.17. The Balaban J connectivity index is 1.75. The van der Waals surface area contributed by atoms with Gasteiger partial charge in [0.05, 0.1) is 17.0 Å². The number of halogens is 2. The Hall–Kier alpha value is -3.51. The Morgan fingerprint density at radius 3 is 2.73 bits per heavy atom. The Bertz CT molecular complexity index is 1350. The number of nitrogens with zero attached hydrogens (tertiary/aromatic N) is 2. The maximum Gasteiger partial charge on any atom is 0.291 e. The smallest absolute Gasteiger partial charge is 0.291 e. The van der Waals surface area contributed by atoms with Crippen molar-refractivity contribution in [1.29, 1.82) is 0 Å². The molecule has 1 amide bonds. The Morgan fingerprint density at radius 2 is 1.97 bits per heavy atom. The number of pyridine rings is 1. The van der Waals surface area contributed by atoms with Crippen molar-refractivity contribution in [2.75, 3.05) is 0 Å². The predicted octanol–water partition coefficient (Wildman–Crippen LogP) is 4.73. The van der Waals surface area contributed by atoms with Gasteiger partial charge in [0.2, 0.25) is 5.76 Å². The second-order valence-corrected chi connectivity index (χ2v) is 7.50. The number of carbonyl (C=O) groups is 1. The van der Waals surface area contributed by atoms with E-state index in [1.807, 2.05) is 6.07 Å². The van der Waals surface area contributed by atoms with Crippen LogP contribution in [0.3, 0.4) is 0 Å². The van der Waals surface area contributed by atoms with Gasteiger partial charge in [-0.3, -0.25) is 14.6 Å². The van der Waals surface area contributed by atoms with Crippen LogP contribution in [0.4, 0.5) is 4.39 Å². The fourth-order valence-corrected chi connectivity index (χ4v) is 4.04. The van der Waals surface area contributed by atoms with E-state index in [9.17, 15) is 14.0 Å². The molecule has 1 unspecified atom stereocenters. The number of carbonyl (C=O) groups excluding carboxylic acids is 1. The molecule has 0 saturated carbocycles. The molecule has 7 heteroatoms. The first-order valence-corrected chi connectivity index (χ1v) is 9.62. The second-order valence-electron chi connectivity index (χ2n) is 7.07. The van der Waals surface area contributed by atoms with Gasteiger partial charge in [0.25, 0.3) is 5.91 Å². The molecule has 0 bridgehead atoms. The first kappa shape index (κ1) is 18.5. The van der Waals surface area contributed by atoms with E-state index in [0.717, 1.165) is 5.56 Å². The summed E-state index contributed by atoms with van der Waals surface area (Å²) in [4.78, 5) is 32.3. The molecule has 2 aromatic heterocycles. The molecule has 148 valence electrons. The highest BCUT2D eigenvalue weighted by atomic mass is 35.5. The van der Waals surface area contributed by atoms with Crippen molar-refractivity contribution in [3.05, 3.63) is 111 Å². The van der Waals surface area contributed by atoms with Crippen molar-refractivity contribution >= 4 is 28.5 Å². The SMILES string of the molecule is O=C1c2oc3ccc(Cl)cc3c(=O)c2C(c2cccc(F)c2)N1Cc1cccnc1. The highest BCUT2D eigenvalue weighted by Crippen LogP contribution is 2.39. The third kappa shape index (κ3) is 2.97. The van der Waals surface area contributed by atoms with Crippen LogP contribution >= 0.6 is 11.6 Å². The average Bonchev–Trinajstić information content (AvgIpc) is 3.02. The first-order valence-electron chi connectivity index (χ1n) is 9.24. The van der Waals surface area contributed by atoms with E-state index in [0.29, 0.717) is 10.6 Å². The highest BCUT2D eigenvalue weighted by molar-refractivity contribution is 6.31. The topological polar surface area (TPSA) is 63.4 Å². The van der Waals surface area contributed by atoms with Crippen LogP contribution < -0.4 is 5.43 Å². The van der Waals surface area contributed by atoms with Crippen LogP contribution in [0, 0.1) is 5.82 Å². The summed E-state index contributed by atoms with van der Waals surface area (Å²) in [6, 6.07) is 13.4. The molecule has 0 saturated heterocycles. The van der Waals surface area contributed by atoms with Crippen molar-refractivity contribution in [3.8, 4) is 0 Å². The Kier molecular flexibility index (Phi) is 4.37. The van der Waals surface area contributed by atoms with Gasteiger partial charge in [0.15, 0.2) is 5.43 Å². The van der Waals surface area contributed by atoms with Crippen LogP contribution in [0.1, 0.15) is 33.3 Å². The molecule has 4 aromatic rings. The summed E-state index contributed by atoms with van der Waals surface area (Å²) in [6.45, 7) is 0.189. The van der Waals surface area contributed by atoms with Crippen molar-refractivity contribution in [2.45, 2.75) is 12.6 Å². The molecule has 0 spiro atoms. The molecule has 30 heavy (non-hydrogen) atoms. The summed E-state index contributed by atoms with van der Waals surface area (Å²) in [5.74, 6) is -0.923. The maximum absolute atomic E-state index is 14.0. The summed E-state index contributed by atoms with van der Waals surface area (Å²) in [5, 5.41) is 0.660. The summed E-state index contributed by atoms with van der Waals surface area (Å²) < 4.78 is 19.9. The van der Waals surface area contributed by atoms with Crippen LogP contribution in [0.2, 0.25) is 5.02 Å². The van der Waals surface area contributed by atoms with E-state index in [-0.39, 0.29) is 34.3 Å². The number of hydrogen-bond donors (Lipinski definition) is 0. The lowest BCUT2D eigenvalue weighted by molar-refractivity contribution is 0.0714. The number of hydrogen-bond acceptors (Lipinski definition) is 4. The summed E-state index contributed by atoms with van der Waals surface area (Å²) in [5.41, 5.74) is 1.37. The average molecular weight is 421 g/mol.